The Kier molecular flexibility index (Phi) is 31.4. The first-order chi connectivity index (χ1) is 42.0. The minimum absolute atomic E-state index is 0.137. The van der Waals surface area contributed by atoms with Crippen LogP contribution >= 0.6 is 0 Å². The van der Waals surface area contributed by atoms with E-state index in [-0.39, 0.29) is 24.4 Å². The summed E-state index contributed by atoms with van der Waals surface area (Å²) < 4.78 is 101. The predicted octanol–water partition coefficient (Wildman–Crippen LogP) is 13.1. The molecule has 0 amide bonds. The molecular formula is C67H96O16PtSi2. The topological polar surface area (TPSA) is 177 Å². The van der Waals surface area contributed by atoms with E-state index in [1.807, 2.05) is 65.8 Å². The molecule has 19 heteroatoms. The average Bonchev–Trinajstić information content (AvgIpc) is 2.70. The van der Waals surface area contributed by atoms with Crippen molar-refractivity contribution in [1.29, 1.82) is 0 Å². The van der Waals surface area contributed by atoms with E-state index >= 15 is 0 Å². The van der Waals surface area contributed by atoms with Crippen LogP contribution in [0, 0.1) is 0 Å². The zero-order valence-corrected chi connectivity index (χ0v) is 56.4. The Morgan fingerprint density at radius 1 is 0.430 bits per heavy atom. The summed E-state index contributed by atoms with van der Waals surface area (Å²) in [4.78, 5) is 0. The van der Waals surface area contributed by atoms with Gasteiger partial charge in [-0.2, -0.15) is 0 Å². The summed E-state index contributed by atoms with van der Waals surface area (Å²) in [6.07, 6.45) is 15.2. The number of hydrogen-bond donors (Lipinski definition) is 0. The first-order valence-corrected chi connectivity index (χ1v) is 36.8. The summed E-state index contributed by atoms with van der Waals surface area (Å²) >= 11 is -1.92. The van der Waals surface area contributed by atoms with Gasteiger partial charge < -0.3 is 64.5 Å². The van der Waals surface area contributed by atoms with Gasteiger partial charge in [0.15, 0.2) is 0 Å². The predicted molar refractivity (Wildman–Crippen MR) is 334 cm³/mol. The molecule has 0 bridgehead atoms. The average molecular weight is 1410 g/mol. The van der Waals surface area contributed by atoms with Crippen molar-refractivity contribution >= 4 is 17.6 Å². The number of epoxide rings is 4. The van der Waals surface area contributed by atoms with Gasteiger partial charge in [-0.05, 0) is 203 Å². The molecule has 4 saturated heterocycles. The summed E-state index contributed by atoms with van der Waals surface area (Å²) in [5.74, 6) is 3.71. The van der Waals surface area contributed by atoms with Crippen molar-refractivity contribution in [3.63, 3.8) is 0 Å². The minimum atomic E-state index is -2.81. The molecule has 0 aliphatic carbocycles. The van der Waals surface area contributed by atoms with Gasteiger partial charge in [0.1, 0.15) is 73.8 Å². The molecule has 4 aliphatic rings. The fraction of sp³-hybridized carbons (Fsp3) is 0.552. The second-order valence-corrected chi connectivity index (χ2v) is 27.1. The third-order valence-electron chi connectivity index (χ3n) is 14.5. The third kappa shape index (κ3) is 23.5. The molecule has 8 rings (SSSR count). The fourth-order valence-electron chi connectivity index (χ4n) is 10.2. The molecule has 0 spiro atoms. The van der Waals surface area contributed by atoms with Crippen LogP contribution in [0.2, 0.25) is 12.1 Å². The first kappa shape index (κ1) is 70.7. The third-order valence-corrected chi connectivity index (χ3v) is 20.8. The van der Waals surface area contributed by atoms with Crippen LogP contribution in [0.15, 0.2) is 98.6 Å². The first-order valence-electron chi connectivity index (χ1n) is 31.1. The Labute approximate surface area is 523 Å². The van der Waals surface area contributed by atoms with E-state index in [9.17, 15) is 0 Å². The van der Waals surface area contributed by atoms with Gasteiger partial charge in [-0.15, -0.1) is 19.7 Å². The van der Waals surface area contributed by atoms with Gasteiger partial charge in [0.2, 0.25) is 0 Å². The molecule has 0 radical (unpaired) electrons. The van der Waals surface area contributed by atoms with Gasteiger partial charge in [0, 0.05) is 51.7 Å². The van der Waals surface area contributed by atoms with Crippen LogP contribution in [0.4, 0.5) is 0 Å². The molecule has 4 unspecified atom stereocenters. The van der Waals surface area contributed by atoms with Crippen molar-refractivity contribution in [3.05, 3.63) is 132 Å². The van der Waals surface area contributed by atoms with E-state index < -0.39 is 36.1 Å². The molecular weight excluding hydrogens is 1310 g/mol. The summed E-state index contributed by atoms with van der Waals surface area (Å²) in [6.45, 7) is 34.8. The van der Waals surface area contributed by atoms with Gasteiger partial charge in [-0.25, -0.2) is 0 Å². The number of rotatable bonds is 43. The van der Waals surface area contributed by atoms with Gasteiger partial charge in [0.05, 0.1) is 26.4 Å². The number of hydrogen-bond acceptors (Lipinski definition) is 16. The maximum absolute atomic E-state index is 8.49. The Balaban J connectivity index is 0.000000294. The molecule has 0 aromatic heterocycles. The molecule has 4 atom stereocenters. The van der Waals surface area contributed by atoms with Crippen molar-refractivity contribution in [2.45, 2.75) is 149 Å². The van der Waals surface area contributed by atoms with Gasteiger partial charge in [-0.3, -0.25) is 0 Å². The molecule has 4 aromatic carbocycles. The van der Waals surface area contributed by atoms with E-state index in [0.29, 0.717) is 66.1 Å². The fourth-order valence-corrected chi connectivity index (χ4v) is 15.5. The van der Waals surface area contributed by atoms with E-state index in [4.69, 9.17) is 71.2 Å². The summed E-state index contributed by atoms with van der Waals surface area (Å²) in [7, 11) is -5.62. The number of ether oxygens (including phenoxy) is 8. The van der Waals surface area contributed by atoms with Crippen LogP contribution < -0.4 is 18.9 Å². The molecule has 86 heavy (non-hydrogen) atoms. The summed E-state index contributed by atoms with van der Waals surface area (Å²) in [5.41, 5.74) is 11.6. The van der Waals surface area contributed by atoms with Gasteiger partial charge in [-0.1, -0.05) is 43.7 Å². The maximum atomic E-state index is 8.49. The van der Waals surface area contributed by atoms with Crippen LogP contribution in [0.25, 0.3) is 22.3 Å². The van der Waals surface area contributed by atoms with Crippen molar-refractivity contribution in [2.24, 2.45) is 0 Å². The summed E-state index contributed by atoms with van der Waals surface area (Å²) in [5, 5.41) is 0. The van der Waals surface area contributed by atoms with Crippen LogP contribution in [0.3, 0.4) is 0 Å². The van der Waals surface area contributed by atoms with Crippen molar-refractivity contribution in [3.8, 4) is 45.3 Å². The normalized spacial score (nSPS) is 17.3. The van der Waals surface area contributed by atoms with Gasteiger partial charge >= 0.3 is 42.9 Å². The number of unbranched alkanes of at least 4 members (excludes halogenated alkanes) is 1. The van der Waals surface area contributed by atoms with Crippen molar-refractivity contribution < 1.29 is 89.7 Å². The van der Waals surface area contributed by atoms with Crippen LogP contribution in [0.5, 0.6) is 23.0 Å². The zero-order valence-electron chi connectivity index (χ0n) is 52.2. The molecule has 16 nitrogen and oxygen atoms in total. The van der Waals surface area contributed by atoms with Crippen molar-refractivity contribution in [2.75, 3.05) is 92.5 Å². The molecule has 478 valence electrons. The Morgan fingerprint density at radius 2 is 0.733 bits per heavy atom. The second kappa shape index (κ2) is 38.2. The van der Waals surface area contributed by atoms with Crippen molar-refractivity contribution in [1.82, 2.24) is 0 Å². The van der Waals surface area contributed by atoms with Crippen LogP contribution in [0.1, 0.15) is 108 Å². The molecule has 4 aliphatic heterocycles. The molecule has 0 saturated carbocycles. The standard InChI is InChI=1S/C40H66O10Si2.C27H30O4.2O.Pt/c1-8-15-18-33-25-32(21-22-39(33)43-30-37-28-41-37)36-26-34(19-16-23-51(45-9-2,46-10-3)47-11-4)40(44-31-38-29-42-38)35(27-36)20-17-24-52(48-12-5,49-13-6)50-14-7;1-4-7-20-12-19(10-11-26(20)30-17-24-15-28-24)23-13-21(8-5-2)27(22(14-23)9-6-3)31-18-25-16-29-25;;;/h21-22,25-27,37-38H,8-20,23-24,28-31H2,1-7H3;4-6,10-14,24-25H,1-3,7-9,15-18H2;;;. The zero-order chi connectivity index (χ0) is 61.6. The van der Waals surface area contributed by atoms with E-state index in [0.717, 1.165) is 154 Å². The van der Waals surface area contributed by atoms with E-state index in [1.54, 1.807) is 0 Å². The quantitative estimate of drug-likeness (QED) is 0.0232. The SMILES string of the molecule is C=CCc1cc(-c2cc(CC=C)c(OCC3CO3)c(CC=C)c2)ccc1OCC1CO1.CCCCc1cc(-c2cc(CCC[Si](OCC)(OCC)OCC)c(OCC3CO3)c(CCC[Si](OCC)(OCC)OCC)c2)ccc1OCC1CO1.[O]=[Pt]=[O]. The Hall–Kier alpha value is -4.38. The number of aryl methyl sites for hydroxylation is 3. The number of allylic oxidation sites excluding steroid dienone is 3. The number of benzene rings is 4. The van der Waals surface area contributed by atoms with E-state index in [1.165, 1.54) is 27.8 Å². The molecule has 0 N–H and O–H groups in total. The Morgan fingerprint density at radius 3 is 1.08 bits per heavy atom. The molecule has 4 heterocycles. The Bertz CT molecular complexity index is 2620. The van der Waals surface area contributed by atoms with Gasteiger partial charge in [0.25, 0.3) is 0 Å². The second-order valence-electron chi connectivity index (χ2n) is 21.3. The summed E-state index contributed by atoms with van der Waals surface area (Å²) in [6, 6.07) is 23.5. The molecule has 4 fully saturated rings. The molecule has 4 aromatic rings. The van der Waals surface area contributed by atoms with E-state index in [2.05, 4.69) is 81.3 Å². The van der Waals surface area contributed by atoms with Crippen LogP contribution in [-0.4, -0.2) is 135 Å². The monoisotopic (exact) mass is 1410 g/mol. The van der Waals surface area contributed by atoms with Crippen LogP contribution in [-0.2, 0) is 109 Å².